The first-order chi connectivity index (χ1) is 16.7. The van der Waals surface area contributed by atoms with Crippen molar-refractivity contribution in [2.75, 3.05) is 26.1 Å². The number of esters is 1. The third-order valence-corrected chi connectivity index (χ3v) is 7.52. The number of hydrogen-bond donors (Lipinski definition) is 1. The number of carbonyl (C=O) groups is 1. The summed E-state index contributed by atoms with van der Waals surface area (Å²) < 4.78 is 13.5. The number of aromatic nitrogens is 3. The maximum Gasteiger partial charge on any atom is 0.337 e. The van der Waals surface area contributed by atoms with Crippen LogP contribution in [0.2, 0.25) is 0 Å². The predicted molar refractivity (Wildman–Crippen MR) is 137 cm³/mol. The number of rotatable bonds is 8. The lowest BCUT2D eigenvalue weighted by atomic mass is 9.96. The second-order valence-electron chi connectivity index (χ2n) is 8.78. The second-order valence-corrected chi connectivity index (χ2v) is 9.78. The number of aryl methyl sites for hydroxylation is 1. The molecule has 0 spiro atoms. The molecular weight excluding hydrogens is 448 g/mol. The van der Waals surface area contributed by atoms with E-state index in [1.807, 2.05) is 12.1 Å². The van der Waals surface area contributed by atoms with Gasteiger partial charge in [-0.05, 0) is 49.6 Å². The third-order valence-electron chi connectivity index (χ3n) is 6.49. The number of fused-ring (bicyclic) bond motifs is 2. The van der Waals surface area contributed by atoms with Crippen molar-refractivity contribution in [2.24, 2.45) is 0 Å². The van der Waals surface area contributed by atoms with Crippen LogP contribution < -0.4 is 5.32 Å². The number of anilines is 1. The van der Waals surface area contributed by atoms with Gasteiger partial charge in [0.2, 0.25) is 0 Å². The molecule has 0 unspecified atom stereocenters. The molecule has 1 fully saturated rings. The highest BCUT2D eigenvalue weighted by molar-refractivity contribution is 7.22. The molecule has 178 valence electrons. The van der Waals surface area contributed by atoms with E-state index >= 15 is 0 Å². The molecule has 8 heteroatoms. The predicted octanol–water partition coefficient (Wildman–Crippen LogP) is 5.88. The van der Waals surface area contributed by atoms with E-state index < -0.39 is 0 Å². The zero-order valence-corrected chi connectivity index (χ0v) is 20.5. The van der Waals surface area contributed by atoms with E-state index in [9.17, 15) is 4.79 Å². The normalized spacial score (nSPS) is 14.6. The van der Waals surface area contributed by atoms with Crippen LogP contribution in [0.4, 0.5) is 5.13 Å². The fraction of sp³-hybridized carbons (Fsp3) is 0.423. The van der Waals surface area contributed by atoms with E-state index in [4.69, 9.17) is 19.4 Å². The zero-order chi connectivity index (χ0) is 23.5. The van der Waals surface area contributed by atoms with Crippen LogP contribution in [0.15, 0.2) is 36.4 Å². The summed E-state index contributed by atoms with van der Waals surface area (Å²) in [6.07, 6.45) is 7.18. The van der Waals surface area contributed by atoms with Crippen molar-refractivity contribution >= 4 is 43.7 Å². The molecule has 2 aromatic heterocycles. The monoisotopic (exact) mass is 478 g/mol. The van der Waals surface area contributed by atoms with Gasteiger partial charge in [0.1, 0.15) is 5.82 Å². The van der Waals surface area contributed by atoms with Crippen molar-refractivity contribution in [3.05, 3.63) is 42.0 Å². The van der Waals surface area contributed by atoms with Crippen molar-refractivity contribution in [3.63, 3.8) is 0 Å². The number of thiazole rings is 1. The molecule has 7 nitrogen and oxygen atoms in total. The molecule has 2 aromatic carbocycles. The van der Waals surface area contributed by atoms with E-state index in [0.29, 0.717) is 18.2 Å². The first-order valence-electron chi connectivity index (χ1n) is 11.9. The molecule has 2 heterocycles. The van der Waals surface area contributed by atoms with E-state index in [2.05, 4.69) is 22.0 Å². The molecule has 0 amide bonds. The molecule has 4 aromatic rings. The first-order valence-corrected chi connectivity index (χ1v) is 12.7. The van der Waals surface area contributed by atoms with Crippen LogP contribution in [0.3, 0.4) is 0 Å². The summed E-state index contributed by atoms with van der Waals surface area (Å²) in [5.74, 6) is 0.520. The van der Waals surface area contributed by atoms with E-state index in [0.717, 1.165) is 50.7 Å². The van der Waals surface area contributed by atoms with Gasteiger partial charge in [-0.2, -0.15) is 0 Å². The van der Waals surface area contributed by atoms with Gasteiger partial charge in [0, 0.05) is 31.9 Å². The number of carbonyl (C=O) groups excluding carboxylic acids is 1. The summed E-state index contributed by atoms with van der Waals surface area (Å²) in [6.45, 7) is 1.43. The lowest BCUT2D eigenvalue weighted by Crippen LogP contribution is -2.21. The van der Waals surface area contributed by atoms with Crippen LogP contribution in [0.25, 0.3) is 32.6 Å². The average Bonchev–Trinajstić information content (AvgIpc) is 3.44. The molecule has 0 radical (unpaired) electrons. The molecule has 5 rings (SSSR count). The number of ether oxygens (including phenoxy) is 2. The molecule has 0 bridgehead atoms. The summed E-state index contributed by atoms with van der Waals surface area (Å²) in [7, 11) is 3.11. The number of nitrogens with zero attached hydrogens (tertiary/aromatic N) is 3. The number of nitrogens with one attached hydrogen (secondary N) is 1. The molecular formula is C26H30N4O3S. The van der Waals surface area contributed by atoms with Crippen molar-refractivity contribution < 1.29 is 14.3 Å². The molecule has 34 heavy (non-hydrogen) atoms. The standard InChI is InChI=1S/C26H30N4O3S/c1-32-15-7-14-30-22-13-12-17(25(31)33-2)16-21(22)28-24(30)19-10-6-11-20-23(19)34-26(29-20)27-18-8-4-3-5-9-18/h6,10-13,16,18H,3-5,7-9,14-15H2,1-2H3,(H,27,29). The van der Waals surface area contributed by atoms with Crippen molar-refractivity contribution in [3.8, 4) is 11.4 Å². The Kier molecular flexibility index (Phi) is 6.78. The Bertz CT molecular complexity index is 1310. The zero-order valence-electron chi connectivity index (χ0n) is 19.7. The maximum absolute atomic E-state index is 12.1. The fourth-order valence-corrected chi connectivity index (χ4v) is 5.83. The lowest BCUT2D eigenvalue weighted by molar-refractivity contribution is 0.0601. The highest BCUT2D eigenvalue weighted by Gasteiger charge is 2.20. The molecule has 0 aliphatic heterocycles. The van der Waals surface area contributed by atoms with Gasteiger partial charge in [-0.1, -0.05) is 36.7 Å². The van der Waals surface area contributed by atoms with Crippen molar-refractivity contribution in [1.82, 2.24) is 14.5 Å². The molecule has 0 atom stereocenters. The Morgan fingerprint density at radius 2 is 1.97 bits per heavy atom. The molecule has 1 aliphatic rings. The van der Waals surface area contributed by atoms with Gasteiger partial charge in [-0.3, -0.25) is 0 Å². The summed E-state index contributed by atoms with van der Waals surface area (Å²) in [4.78, 5) is 22.0. The van der Waals surface area contributed by atoms with Crippen LogP contribution in [0.5, 0.6) is 0 Å². The van der Waals surface area contributed by atoms with Crippen molar-refractivity contribution in [2.45, 2.75) is 51.1 Å². The van der Waals surface area contributed by atoms with Crippen LogP contribution >= 0.6 is 11.3 Å². The Balaban J connectivity index is 1.58. The topological polar surface area (TPSA) is 78.3 Å². The fourth-order valence-electron chi connectivity index (χ4n) is 4.78. The highest BCUT2D eigenvalue weighted by atomic mass is 32.1. The minimum absolute atomic E-state index is 0.361. The van der Waals surface area contributed by atoms with Crippen LogP contribution in [-0.2, 0) is 16.0 Å². The van der Waals surface area contributed by atoms with Gasteiger partial charge in [-0.25, -0.2) is 14.8 Å². The van der Waals surface area contributed by atoms with E-state index in [1.165, 1.54) is 39.2 Å². The largest absolute Gasteiger partial charge is 0.465 e. The number of imidazole rings is 1. The van der Waals surface area contributed by atoms with Crippen LogP contribution in [-0.4, -0.2) is 47.4 Å². The number of methoxy groups -OCH3 is 2. The second kappa shape index (κ2) is 10.1. The number of benzene rings is 2. The minimum Gasteiger partial charge on any atom is -0.465 e. The highest BCUT2D eigenvalue weighted by Crippen LogP contribution is 2.37. The quantitative estimate of drug-likeness (QED) is 0.252. The van der Waals surface area contributed by atoms with Gasteiger partial charge >= 0.3 is 5.97 Å². The van der Waals surface area contributed by atoms with Crippen LogP contribution in [0, 0.1) is 0 Å². The SMILES string of the molecule is COCCCn1c(-c2cccc3nc(NC4CCCCC4)sc23)nc2cc(C(=O)OC)ccc21. The smallest absolute Gasteiger partial charge is 0.337 e. The lowest BCUT2D eigenvalue weighted by Gasteiger charge is -2.22. The Morgan fingerprint density at radius 1 is 1.12 bits per heavy atom. The van der Waals surface area contributed by atoms with Gasteiger partial charge in [0.15, 0.2) is 5.13 Å². The summed E-state index contributed by atoms with van der Waals surface area (Å²) in [5.41, 5.74) is 4.29. The summed E-state index contributed by atoms with van der Waals surface area (Å²) in [6, 6.07) is 12.3. The Morgan fingerprint density at radius 3 is 2.76 bits per heavy atom. The Labute approximate surface area is 203 Å². The molecule has 1 saturated carbocycles. The molecule has 1 N–H and O–H groups in total. The molecule has 1 aliphatic carbocycles. The average molecular weight is 479 g/mol. The van der Waals surface area contributed by atoms with E-state index in [-0.39, 0.29) is 5.97 Å². The summed E-state index contributed by atoms with van der Waals surface area (Å²) in [5, 5.41) is 4.65. The Hall–Kier alpha value is -2.97. The van der Waals surface area contributed by atoms with E-state index in [1.54, 1.807) is 30.6 Å². The van der Waals surface area contributed by atoms with Gasteiger partial charge < -0.3 is 19.4 Å². The third kappa shape index (κ3) is 4.52. The van der Waals surface area contributed by atoms with Gasteiger partial charge in [-0.15, -0.1) is 0 Å². The summed E-state index contributed by atoms with van der Waals surface area (Å²) >= 11 is 1.70. The maximum atomic E-state index is 12.1. The van der Waals surface area contributed by atoms with Gasteiger partial charge in [0.25, 0.3) is 0 Å². The van der Waals surface area contributed by atoms with Gasteiger partial charge in [0.05, 0.1) is 33.9 Å². The van der Waals surface area contributed by atoms with Crippen LogP contribution in [0.1, 0.15) is 48.9 Å². The number of hydrogen-bond acceptors (Lipinski definition) is 7. The molecule has 0 saturated heterocycles. The van der Waals surface area contributed by atoms with Crippen molar-refractivity contribution in [1.29, 1.82) is 0 Å². The minimum atomic E-state index is -0.361. The first kappa shape index (κ1) is 22.8.